The van der Waals surface area contributed by atoms with Gasteiger partial charge in [0.1, 0.15) is 33.7 Å². The summed E-state index contributed by atoms with van der Waals surface area (Å²) in [6.45, 7) is 12.7. The molecule has 14 nitrogen and oxygen atoms in total. The molecule has 0 aliphatic carbocycles. The van der Waals surface area contributed by atoms with Crippen LogP contribution in [0.25, 0.3) is 21.5 Å². The van der Waals surface area contributed by atoms with Gasteiger partial charge < -0.3 is 33.5 Å². The average Bonchev–Trinajstić information content (AvgIpc) is 2.99. The largest absolute Gasteiger partial charge is 0.470 e. The number of ether oxygens (including phenoxy) is 5. The second-order valence-electron chi connectivity index (χ2n) is 13.7. The van der Waals surface area contributed by atoms with E-state index < -0.39 is 17.2 Å². The van der Waals surface area contributed by atoms with Gasteiger partial charge in [0.05, 0.1) is 49.6 Å². The van der Waals surface area contributed by atoms with Gasteiger partial charge in [-0.25, -0.2) is 34.3 Å². The molecule has 2 aliphatic rings. The third-order valence-electron chi connectivity index (χ3n) is 7.32. The molecule has 0 aromatic carbocycles. The maximum absolute atomic E-state index is 12.0. The van der Waals surface area contributed by atoms with Crippen molar-refractivity contribution in [3.8, 4) is 11.8 Å². The predicted octanol–water partition coefficient (Wildman–Crippen LogP) is 7.11. The van der Waals surface area contributed by atoms with E-state index in [0.29, 0.717) is 53.9 Å². The molecule has 0 spiro atoms. The van der Waals surface area contributed by atoms with Crippen LogP contribution >= 0.6 is 39.1 Å². The summed E-state index contributed by atoms with van der Waals surface area (Å²) >= 11 is 15.3. The molecule has 272 valence electrons. The lowest BCUT2D eigenvalue weighted by Gasteiger charge is -2.39. The van der Waals surface area contributed by atoms with Gasteiger partial charge in [0, 0.05) is 40.0 Å². The number of rotatable bonds is 5. The first-order valence-electron chi connectivity index (χ1n) is 15.8. The number of likely N-dealkylation sites (tertiary alicyclic amines) is 2. The van der Waals surface area contributed by atoms with Crippen LogP contribution in [0.3, 0.4) is 0 Å². The summed E-state index contributed by atoms with van der Waals surface area (Å²) in [6.07, 6.45) is 5.12. The number of aromatic nitrogens is 4. The van der Waals surface area contributed by atoms with Crippen LogP contribution in [0.15, 0.2) is 41.4 Å². The van der Waals surface area contributed by atoms with Crippen LogP contribution in [-0.4, -0.2) is 105 Å². The lowest BCUT2D eigenvalue weighted by Crippen LogP contribution is -2.57. The lowest BCUT2D eigenvalue weighted by atomic mass is 10.1. The molecular weight excluding hydrogens is 771 g/mol. The van der Waals surface area contributed by atoms with Gasteiger partial charge in [0.2, 0.25) is 11.8 Å². The first-order chi connectivity index (χ1) is 23.9. The van der Waals surface area contributed by atoms with E-state index in [2.05, 4.69) is 35.9 Å². The molecule has 0 bridgehead atoms. The zero-order valence-electron chi connectivity index (χ0n) is 29.0. The predicted molar refractivity (Wildman–Crippen MR) is 193 cm³/mol. The Kier molecular flexibility index (Phi) is 11.3. The van der Waals surface area contributed by atoms with Crippen molar-refractivity contribution in [1.82, 2.24) is 29.7 Å². The van der Waals surface area contributed by atoms with Crippen LogP contribution in [0.1, 0.15) is 51.9 Å². The number of halogens is 3. The summed E-state index contributed by atoms with van der Waals surface area (Å²) < 4.78 is 28.0. The molecule has 0 unspecified atom stereocenters. The highest BCUT2D eigenvalue weighted by Gasteiger charge is 2.37. The maximum atomic E-state index is 12.0. The van der Waals surface area contributed by atoms with Crippen LogP contribution in [-0.2, 0) is 14.2 Å². The number of amides is 2. The average molecular weight is 809 g/mol. The first-order valence-corrected chi connectivity index (χ1v) is 17.4. The summed E-state index contributed by atoms with van der Waals surface area (Å²) in [5, 5.41) is 3.37. The topological polar surface area (TPSA) is 155 Å². The zero-order valence-corrected chi connectivity index (χ0v) is 32.1. The molecule has 6 rings (SSSR count). The van der Waals surface area contributed by atoms with Crippen molar-refractivity contribution in [3.05, 3.63) is 57.3 Å². The molecule has 0 radical (unpaired) electrons. The van der Waals surface area contributed by atoms with Gasteiger partial charge >= 0.3 is 18.2 Å². The zero-order chi connectivity index (χ0) is 37.2. The Bertz CT molecular complexity index is 1960. The molecule has 0 N–H and O–H groups in total. The Morgan fingerprint density at radius 2 is 1.12 bits per heavy atom. The van der Waals surface area contributed by atoms with E-state index in [-0.39, 0.29) is 35.1 Å². The van der Waals surface area contributed by atoms with Crippen LogP contribution < -0.4 is 9.47 Å². The van der Waals surface area contributed by atoms with Crippen LogP contribution in [0.5, 0.6) is 11.8 Å². The van der Waals surface area contributed by atoms with Gasteiger partial charge in [-0.1, -0.05) is 23.2 Å². The highest BCUT2D eigenvalue weighted by Crippen LogP contribution is 2.33. The summed E-state index contributed by atoms with van der Waals surface area (Å²) in [4.78, 5) is 55.7. The second-order valence-corrected chi connectivity index (χ2v) is 15.4. The van der Waals surface area contributed by atoms with Gasteiger partial charge in [0.25, 0.3) is 0 Å². The van der Waals surface area contributed by atoms with Crippen molar-refractivity contribution in [2.75, 3.05) is 33.3 Å². The Morgan fingerprint density at radius 1 is 0.686 bits per heavy atom. The number of hydrogen-bond donors (Lipinski definition) is 0. The van der Waals surface area contributed by atoms with E-state index in [9.17, 15) is 14.4 Å². The number of nitrogens with zero attached hydrogens (tertiary/aromatic N) is 6. The smallest absolute Gasteiger partial charge is 0.410 e. The third-order valence-corrected chi connectivity index (χ3v) is 8.36. The maximum Gasteiger partial charge on any atom is 0.410 e. The molecule has 4 aromatic heterocycles. The van der Waals surface area contributed by atoms with Crippen LogP contribution in [0.4, 0.5) is 9.59 Å². The summed E-state index contributed by atoms with van der Waals surface area (Å²) in [7, 11) is 1.29. The number of hydrogen-bond acceptors (Lipinski definition) is 12. The molecule has 2 aliphatic heterocycles. The van der Waals surface area contributed by atoms with E-state index in [4.69, 9.17) is 46.9 Å². The van der Waals surface area contributed by atoms with E-state index >= 15 is 0 Å². The van der Waals surface area contributed by atoms with Crippen molar-refractivity contribution in [2.45, 2.75) is 65.0 Å². The summed E-state index contributed by atoms with van der Waals surface area (Å²) in [5.41, 5.74) is -0.777. The third kappa shape index (κ3) is 9.57. The molecular formula is C34H37BrCl2N6O8. The fourth-order valence-electron chi connectivity index (χ4n) is 4.89. The molecule has 0 saturated carbocycles. The van der Waals surface area contributed by atoms with E-state index in [1.807, 2.05) is 41.5 Å². The van der Waals surface area contributed by atoms with E-state index in [1.54, 1.807) is 34.3 Å². The van der Waals surface area contributed by atoms with Gasteiger partial charge in [-0.2, -0.15) is 0 Å². The summed E-state index contributed by atoms with van der Waals surface area (Å²) in [5.74, 6) is 0.267. The van der Waals surface area contributed by atoms with Gasteiger partial charge in [-0.15, -0.1) is 0 Å². The van der Waals surface area contributed by atoms with Crippen molar-refractivity contribution < 1.29 is 38.1 Å². The Morgan fingerprint density at radius 3 is 1.57 bits per heavy atom. The van der Waals surface area contributed by atoms with Gasteiger partial charge in [-0.05, 0) is 69.6 Å². The molecule has 2 amide bonds. The SMILES string of the molecule is CC(C)(C)OC(=O)N1CC(Oc2ncc(Br)c3cc(Cl)ncc23)C1.COC(=O)c1cnc(OC2CN(C(=O)OC(C)(C)C)C2)c2cnc(Cl)cc12. The minimum Gasteiger partial charge on any atom is -0.470 e. The quantitative estimate of drug-likeness (QED) is 0.115. The molecule has 2 saturated heterocycles. The minimum absolute atomic E-state index is 0.120. The molecule has 0 atom stereocenters. The molecule has 17 heteroatoms. The highest BCUT2D eigenvalue weighted by atomic mass is 79.9. The normalized spacial score (nSPS) is 14.9. The standard InChI is InChI=1S/C18H20ClN3O5.C16H17BrClN3O3/c1-18(2,3)27-17(24)22-8-10(9-22)26-15-12-6-20-14(19)5-11(12)13(7-21-15)16(23)25-4;1-16(2,3)24-15(22)21-7-9(8-21)23-14-11-5-19-13(18)4-10(11)12(17)6-20-14/h5-7,10H,8-9H2,1-4H3;4-6,9H,7-8H2,1-3H3. The van der Waals surface area contributed by atoms with Gasteiger partial charge in [0.15, 0.2) is 0 Å². The first kappa shape index (κ1) is 38.0. The fourth-order valence-corrected chi connectivity index (χ4v) is 5.64. The lowest BCUT2D eigenvalue weighted by molar-refractivity contribution is -0.0231. The molecule has 2 fully saturated rings. The van der Waals surface area contributed by atoms with Crippen molar-refractivity contribution in [3.63, 3.8) is 0 Å². The number of esters is 1. The van der Waals surface area contributed by atoms with E-state index in [0.717, 1.165) is 15.2 Å². The van der Waals surface area contributed by atoms with Crippen molar-refractivity contribution in [1.29, 1.82) is 0 Å². The Hall–Kier alpha value is -4.21. The van der Waals surface area contributed by atoms with Gasteiger partial charge in [-0.3, -0.25) is 0 Å². The number of fused-ring (bicyclic) bond motifs is 2. The van der Waals surface area contributed by atoms with Crippen molar-refractivity contribution in [2.24, 2.45) is 0 Å². The number of methoxy groups -OCH3 is 1. The minimum atomic E-state index is -0.546. The van der Waals surface area contributed by atoms with E-state index in [1.165, 1.54) is 19.5 Å². The molecule has 51 heavy (non-hydrogen) atoms. The van der Waals surface area contributed by atoms with Crippen LogP contribution in [0, 0.1) is 0 Å². The number of pyridine rings is 4. The van der Waals surface area contributed by atoms with Crippen molar-refractivity contribution >= 4 is 78.8 Å². The fraction of sp³-hybridized carbons (Fsp3) is 0.441. The Labute approximate surface area is 312 Å². The summed E-state index contributed by atoms with van der Waals surface area (Å²) in [6, 6.07) is 3.31. The molecule has 4 aromatic rings. The van der Waals surface area contributed by atoms with Crippen LogP contribution in [0.2, 0.25) is 10.3 Å². The number of carbonyl (C=O) groups is 3. The monoisotopic (exact) mass is 806 g/mol. The molecule has 6 heterocycles. The number of carbonyl (C=O) groups excluding carboxylic acids is 3. The highest BCUT2D eigenvalue weighted by molar-refractivity contribution is 9.10. The second kappa shape index (κ2) is 15.2. The Balaban J connectivity index is 0.000000199.